The summed E-state index contributed by atoms with van der Waals surface area (Å²) >= 11 is 8.62. The second kappa shape index (κ2) is 6.61. The smallest absolute Gasteiger partial charge is 0.321 e. The second-order valence-corrected chi connectivity index (χ2v) is 4.61. The lowest BCUT2D eigenvalue weighted by Crippen LogP contribution is -2.41. The molecule has 1 aromatic carbocycles. The van der Waals surface area contributed by atoms with Gasteiger partial charge in [-0.2, -0.15) is 0 Å². The van der Waals surface area contributed by atoms with E-state index in [-0.39, 0.29) is 11.9 Å². The van der Waals surface area contributed by atoms with Gasteiger partial charge in [0.15, 0.2) is 0 Å². The maximum atomic E-state index is 11.4. The Morgan fingerprint density at radius 1 is 1.47 bits per heavy atom. The predicted molar refractivity (Wildman–Crippen MR) is 70.0 cm³/mol. The summed E-state index contributed by atoms with van der Waals surface area (Å²) in [5, 5.41) is 4.75. The molecular formula is C11H12BrClN2O2. The molecule has 1 unspecified atom stereocenters. The van der Waals surface area contributed by atoms with Gasteiger partial charge in [0.2, 0.25) is 5.91 Å². The molecular weight excluding hydrogens is 307 g/mol. The summed E-state index contributed by atoms with van der Waals surface area (Å²) in [4.78, 5) is 22.3. The number of benzene rings is 1. The molecule has 0 radical (unpaired) electrons. The van der Waals surface area contributed by atoms with Gasteiger partial charge in [-0.3, -0.25) is 10.1 Å². The van der Waals surface area contributed by atoms with E-state index in [0.717, 1.165) is 10.0 Å². The number of alkyl halides is 1. The van der Waals surface area contributed by atoms with Crippen molar-refractivity contribution in [2.75, 3.05) is 5.88 Å². The van der Waals surface area contributed by atoms with Gasteiger partial charge in [-0.25, -0.2) is 4.79 Å². The van der Waals surface area contributed by atoms with E-state index in [1.165, 1.54) is 0 Å². The summed E-state index contributed by atoms with van der Waals surface area (Å²) in [7, 11) is 0. The fourth-order valence-electron chi connectivity index (χ4n) is 1.25. The zero-order valence-electron chi connectivity index (χ0n) is 9.17. The van der Waals surface area contributed by atoms with Crippen LogP contribution in [0.5, 0.6) is 0 Å². The molecule has 17 heavy (non-hydrogen) atoms. The molecule has 1 atom stereocenters. The number of carbonyl (C=O) groups is 2. The highest BCUT2D eigenvalue weighted by Crippen LogP contribution is 2.17. The van der Waals surface area contributed by atoms with E-state index in [2.05, 4.69) is 26.6 Å². The topological polar surface area (TPSA) is 58.2 Å². The van der Waals surface area contributed by atoms with Crippen LogP contribution < -0.4 is 10.6 Å². The molecule has 3 amide bonds. The Bertz CT molecular complexity index is 426. The lowest BCUT2D eigenvalue weighted by molar-refractivity contribution is -0.117. The van der Waals surface area contributed by atoms with E-state index >= 15 is 0 Å². The molecule has 6 heteroatoms. The first-order chi connectivity index (χ1) is 8.02. The molecule has 0 spiro atoms. The third kappa shape index (κ3) is 4.75. The van der Waals surface area contributed by atoms with Crippen molar-refractivity contribution in [1.82, 2.24) is 10.6 Å². The fraction of sp³-hybridized carbons (Fsp3) is 0.273. The van der Waals surface area contributed by atoms with Gasteiger partial charge in [0, 0.05) is 4.47 Å². The van der Waals surface area contributed by atoms with Crippen molar-refractivity contribution in [3.05, 3.63) is 34.3 Å². The van der Waals surface area contributed by atoms with Gasteiger partial charge < -0.3 is 5.32 Å². The van der Waals surface area contributed by atoms with Gasteiger partial charge in [-0.15, -0.1) is 11.6 Å². The zero-order valence-corrected chi connectivity index (χ0v) is 11.5. The van der Waals surface area contributed by atoms with Crippen molar-refractivity contribution in [2.45, 2.75) is 13.0 Å². The summed E-state index contributed by atoms with van der Waals surface area (Å²) in [6.45, 7) is 1.83. The van der Waals surface area contributed by atoms with E-state index in [9.17, 15) is 9.59 Å². The van der Waals surface area contributed by atoms with Crippen molar-refractivity contribution in [1.29, 1.82) is 0 Å². The first-order valence-electron chi connectivity index (χ1n) is 4.94. The molecule has 0 bridgehead atoms. The quantitative estimate of drug-likeness (QED) is 0.841. The number of carbonyl (C=O) groups excluding carboxylic acids is 2. The molecule has 4 nitrogen and oxygen atoms in total. The Labute approximate surface area is 113 Å². The second-order valence-electron chi connectivity index (χ2n) is 3.43. The lowest BCUT2D eigenvalue weighted by atomic mass is 10.1. The first-order valence-corrected chi connectivity index (χ1v) is 6.27. The maximum absolute atomic E-state index is 11.4. The molecule has 0 aliphatic carbocycles. The van der Waals surface area contributed by atoms with Crippen LogP contribution in [0.25, 0.3) is 0 Å². The highest BCUT2D eigenvalue weighted by molar-refractivity contribution is 9.10. The Morgan fingerprint density at radius 2 is 2.18 bits per heavy atom. The normalized spacial score (nSPS) is 11.7. The van der Waals surface area contributed by atoms with E-state index in [1.807, 2.05) is 31.2 Å². The van der Waals surface area contributed by atoms with Crippen LogP contribution in [-0.2, 0) is 4.79 Å². The molecule has 0 aliphatic rings. The summed E-state index contributed by atoms with van der Waals surface area (Å²) in [6, 6.07) is 6.80. The molecule has 0 heterocycles. The summed E-state index contributed by atoms with van der Waals surface area (Å²) in [5.74, 6) is -0.760. The minimum atomic E-state index is -0.553. The number of imide groups is 1. The number of hydrogen-bond donors (Lipinski definition) is 2. The lowest BCUT2D eigenvalue weighted by Gasteiger charge is -2.14. The number of halogens is 2. The van der Waals surface area contributed by atoms with Crippen LogP contribution in [0.4, 0.5) is 4.79 Å². The Hall–Kier alpha value is -1.07. The largest absolute Gasteiger partial charge is 0.331 e. The van der Waals surface area contributed by atoms with Gasteiger partial charge in [-0.1, -0.05) is 28.1 Å². The average molecular weight is 320 g/mol. The Morgan fingerprint density at radius 3 is 2.76 bits per heavy atom. The van der Waals surface area contributed by atoms with Gasteiger partial charge >= 0.3 is 6.03 Å². The molecule has 0 aliphatic heterocycles. The van der Waals surface area contributed by atoms with Gasteiger partial charge in [0.1, 0.15) is 5.88 Å². The van der Waals surface area contributed by atoms with Crippen molar-refractivity contribution in [2.24, 2.45) is 0 Å². The van der Waals surface area contributed by atoms with Crippen molar-refractivity contribution in [3.63, 3.8) is 0 Å². The molecule has 0 saturated heterocycles. The number of hydrogen-bond acceptors (Lipinski definition) is 2. The zero-order chi connectivity index (χ0) is 12.8. The van der Waals surface area contributed by atoms with Crippen LogP contribution in [0, 0.1) is 0 Å². The van der Waals surface area contributed by atoms with E-state index in [1.54, 1.807) is 0 Å². The summed E-state index contributed by atoms with van der Waals surface area (Å²) in [5.41, 5.74) is 0.938. The van der Waals surface area contributed by atoms with Crippen LogP contribution in [0.2, 0.25) is 0 Å². The van der Waals surface area contributed by atoms with Crippen molar-refractivity contribution < 1.29 is 9.59 Å². The number of rotatable bonds is 3. The van der Waals surface area contributed by atoms with Crippen LogP contribution in [0.15, 0.2) is 28.7 Å². The first kappa shape index (κ1) is 14.0. The van der Waals surface area contributed by atoms with Gasteiger partial charge in [0.05, 0.1) is 6.04 Å². The highest BCUT2D eigenvalue weighted by atomic mass is 79.9. The number of amides is 3. The van der Waals surface area contributed by atoms with Crippen LogP contribution in [0.3, 0.4) is 0 Å². The molecule has 0 fully saturated rings. The monoisotopic (exact) mass is 318 g/mol. The predicted octanol–water partition coefficient (Wildman–Crippen LogP) is 2.57. The standard InChI is InChI=1S/C11H12BrClN2O2/c1-7(8-3-2-4-9(12)5-8)14-11(17)15-10(16)6-13/h2-5,7H,6H2,1H3,(H2,14,15,16,17). The van der Waals surface area contributed by atoms with Crippen LogP contribution in [0.1, 0.15) is 18.5 Å². The van der Waals surface area contributed by atoms with Gasteiger partial charge in [0.25, 0.3) is 0 Å². The maximum Gasteiger partial charge on any atom is 0.321 e. The minimum absolute atomic E-state index is 0.198. The van der Waals surface area contributed by atoms with Gasteiger partial charge in [-0.05, 0) is 24.6 Å². The third-order valence-corrected chi connectivity index (χ3v) is 2.81. The van der Waals surface area contributed by atoms with Crippen LogP contribution >= 0.6 is 27.5 Å². The molecule has 0 aromatic heterocycles. The van der Waals surface area contributed by atoms with Crippen molar-refractivity contribution >= 4 is 39.5 Å². The fourth-order valence-corrected chi connectivity index (χ4v) is 1.74. The molecule has 0 saturated carbocycles. The molecule has 1 aromatic rings. The third-order valence-electron chi connectivity index (χ3n) is 2.07. The molecule has 1 rings (SSSR count). The molecule has 92 valence electrons. The summed E-state index contributed by atoms with van der Waals surface area (Å²) < 4.78 is 0.931. The van der Waals surface area contributed by atoms with Crippen LogP contribution in [-0.4, -0.2) is 17.8 Å². The Balaban J connectivity index is 2.57. The highest BCUT2D eigenvalue weighted by Gasteiger charge is 2.11. The van der Waals surface area contributed by atoms with E-state index in [4.69, 9.17) is 11.6 Å². The SMILES string of the molecule is CC(NC(=O)NC(=O)CCl)c1cccc(Br)c1. The summed E-state index contributed by atoms with van der Waals surface area (Å²) in [6.07, 6.45) is 0. The van der Waals surface area contributed by atoms with E-state index in [0.29, 0.717) is 0 Å². The molecule has 2 N–H and O–H groups in total. The Kier molecular flexibility index (Phi) is 5.44. The van der Waals surface area contributed by atoms with Crippen molar-refractivity contribution in [3.8, 4) is 0 Å². The number of urea groups is 1. The number of nitrogens with one attached hydrogen (secondary N) is 2. The minimum Gasteiger partial charge on any atom is -0.331 e. The van der Waals surface area contributed by atoms with E-state index < -0.39 is 11.9 Å². The average Bonchev–Trinajstić information content (AvgIpc) is 2.28.